The highest BCUT2D eigenvalue weighted by molar-refractivity contribution is 6.32. The molecular formula is C11H14ClN7O4. The fourth-order valence-electron chi connectivity index (χ4n) is 1.39. The zero-order valence-electron chi connectivity index (χ0n) is 11.7. The SMILES string of the molecule is NC(N)=NC(=O)c1nc(Cl)c(NCC(=O)CCC(=O)O)nc1N. The summed E-state index contributed by atoms with van der Waals surface area (Å²) in [5.74, 6) is -3.16. The van der Waals surface area contributed by atoms with E-state index in [1.54, 1.807) is 0 Å². The number of carboxylic acids is 1. The van der Waals surface area contributed by atoms with Gasteiger partial charge < -0.3 is 27.6 Å². The van der Waals surface area contributed by atoms with Crippen molar-refractivity contribution >= 4 is 46.9 Å². The topological polar surface area (TPSA) is 200 Å². The zero-order valence-corrected chi connectivity index (χ0v) is 12.5. The summed E-state index contributed by atoms with van der Waals surface area (Å²) in [7, 11) is 0. The number of hydrogen-bond donors (Lipinski definition) is 5. The number of nitrogens with zero attached hydrogens (tertiary/aromatic N) is 3. The van der Waals surface area contributed by atoms with Crippen molar-refractivity contribution in [3.8, 4) is 0 Å². The molecule has 0 atom stereocenters. The number of nitrogens with one attached hydrogen (secondary N) is 1. The Morgan fingerprint density at radius 2 is 1.87 bits per heavy atom. The number of guanidine groups is 1. The molecule has 0 aliphatic heterocycles. The average molecular weight is 344 g/mol. The van der Waals surface area contributed by atoms with E-state index >= 15 is 0 Å². The van der Waals surface area contributed by atoms with Crippen molar-refractivity contribution in [2.24, 2.45) is 16.5 Å². The number of nitrogens with two attached hydrogens (primary N) is 3. The lowest BCUT2D eigenvalue weighted by Crippen LogP contribution is -2.25. The molecule has 0 aliphatic rings. The minimum absolute atomic E-state index is 0.0332. The van der Waals surface area contributed by atoms with E-state index in [4.69, 9.17) is 33.9 Å². The number of carboxylic acid groups (broad SMARTS) is 1. The van der Waals surface area contributed by atoms with Crippen LogP contribution in [0.3, 0.4) is 0 Å². The van der Waals surface area contributed by atoms with Gasteiger partial charge in [-0.3, -0.25) is 14.4 Å². The van der Waals surface area contributed by atoms with Gasteiger partial charge in [-0.1, -0.05) is 11.6 Å². The summed E-state index contributed by atoms with van der Waals surface area (Å²) in [5, 5.41) is 10.8. The van der Waals surface area contributed by atoms with E-state index in [9.17, 15) is 14.4 Å². The highest BCUT2D eigenvalue weighted by Crippen LogP contribution is 2.20. The second kappa shape index (κ2) is 7.89. The fraction of sp³-hybridized carbons (Fsp3) is 0.273. The van der Waals surface area contributed by atoms with Crippen LogP contribution < -0.4 is 22.5 Å². The van der Waals surface area contributed by atoms with Crippen molar-refractivity contribution in [1.82, 2.24) is 9.97 Å². The van der Waals surface area contributed by atoms with Crippen LogP contribution in [-0.4, -0.2) is 45.2 Å². The smallest absolute Gasteiger partial charge is 0.303 e. The van der Waals surface area contributed by atoms with Crippen molar-refractivity contribution < 1.29 is 19.5 Å². The molecule has 11 nitrogen and oxygen atoms in total. The Hall–Kier alpha value is -2.95. The quantitative estimate of drug-likeness (QED) is 0.301. The van der Waals surface area contributed by atoms with E-state index in [0.29, 0.717) is 0 Å². The van der Waals surface area contributed by atoms with E-state index in [1.165, 1.54) is 0 Å². The number of nitrogen functional groups attached to an aromatic ring is 1. The highest BCUT2D eigenvalue weighted by atomic mass is 35.5. The predicted molar refractivity (Wildman–Crippen MR) is 82.0 cm³/mol. The third-order valence-electron chi connectivity index (χ3n) is 2.38. The van der Waals surface area contributed by atoms with E-state index in [2.05, 4.69) is 20.3 Å². The first-order chi connectivity index (χ1) is 10.7. The number of Topliss-reactive ketones (excluding diaryl/α,β-unsaturated/α-hetero) is 1. The number of amides is 1. The molecule has 0 saturated heterocycles. The summed E-state index contributed by atoms with van der Waals surface area (Å²) in [6, 6.07) is 0. The van der Waals surface area contributed by atoms with Gasteiger partial charge in [-0.05, 0) is 0 Å². The third kappa shape index (κ3) is 5.74. The molecule has 124 valence electrons. The molecular weight excluding hydrogens is 330 g/mol. The highest BCUT2D eigenvalue weighted by Gasteiger charge is 2.17. The van der Waals surface area contributed by atoms with E-state index in [-0.39, 0.29) is 47.7 Å². The standard InChI is InChI=1S/C11H14ClN7O4/c12-7-9(16-3-4(20)1-2-5(21)22)18-8(13)6(17-7)10(23)19-11(14)15/h1-3H2,(H,21,22)(H3,13,16,18)(H4,14,15,19,23). The van der Waals surface area contributed by atoms with Crippen LogP contribution >= 0.6 is 11.6 Å². The predicted octanol–water partition coefficient (Wildman–Crippen LogP) is -1.03. The van der Waals surface area contributed by atoms with Gasteiger partial charge in [-0.25, -0.2) is 9.97 Å². The summed E-state index contributed by atoms with van der Waals surface area (Å²) in [6.45, 7) is -0.220. The zero-order chi connectivity index (χ0) is 17.6. The Bertz CT molecular complexity index is 673. The molecule has 0 saturated carbocycles. The Balaban J connectivity index is 2.81. The molecule has 1 aromatic rings. The lowest BCUT2D eigenvalue weighted by molar-refractivity contribution is -0.138. The maximum absolute atomic E-state index is 11.6. The largest absolute Gasteiger partial charge is 0.481 e. The molecule has 0 fully saturated rings. The Labute approximate surface area is 134 Å². The molecule has 0 spiro atoms. The van der Waals surface area contributed by atoms with Crippen LogP contribution in [0.15, 0.2) is 4.99 Å². The molecule has 23 heavy (non-hydrogen) atoms. The van der Waals surface area contributed by atoms with Gasteiger partial charge in [0.25, 0.3) is 0 Å². The van der Waals surface area contributed by atoms with Crippen molar-refractivity contribution in [2.45, 2.75) is 12.8 Å². The minimum atomic E-state index is -1.08. The number of aliphatic carboxylic acids is 1. The van der Waals surface area contributed by atoms with Crippen LogP contribution in [-0.2, 0) is 9.59 Å². The van der Waals surface area contributed by atoms with Crippen LogP contribution in [0.1, 0.15) is 23.3 Å². The number of rotatable bonds is 7. The van der Waals surface area contributed by atoms with Crippen molar-refractivity contribution in [1.29, 1.82) is 0 Å². The number of ketones is 1. The maximum Gasteiger partial charge on any atom is 0.303 e. The van der Waals surface area contributed by atoms with Gasteiger partial charge in [0, 0.05) is 6.42 Å². The summed E-state index contributed by atoms with van der Waals surface area (Å²) in [5.41, 5.74) is 15.4. The number of aromatic nitrogens is 2. The molecule has 0 radical (unpaired) electrons. The number of anilines is 2. The summed E-state index contributed by atoms with van der Waals surface area (Å²) in [4.78, 5) is 44.2. The van der Waals surface area contributed by atoms with Gasteiger partial charge in [0.05, 0.1) is 13.0 Å². The minimum Gasteiger partial charge on any atom is -0.481 e. The molecule has 0 aromatic carbocycles. The van der Waals surface area contributed by atoms with Crippen LogP contribution in [0.2, 0.25) is 5.15 Å². The number of halogens is 1. The molecule has 8 N–H and O–H groups in total. The van der Waals surface area contributed by atoms with E-state index < -0.39 is 17.8 Å². The second-order valence-electron chi connectivity index (χ2n) is 4.22. The molecule has 1 rings (SSSR count). The van der Waals surface area contributed by atoms with Crippen molar-refractivity contribution in [2.75, 3.05) is 17.6 Å². The molecule has 1 amide bonds. The molecule has 1 aromatic heterocycles. The van der Waals surface area contributed by atoms with Crippen molar-refractivity contribution in [3.05, 3.63) is 10.8 Å². The fourth-order valence-corrected chi connectivity index (χ4v) is 1.58. The Kier molecular flexibility index (Phi) is 6.21. The van der Waals surface area contributed by atoms with E-state index in [0.717, 1.165) is 0 Å². The van der Waals surface area contributed by atoms with Gasteiger partial charge in [-0.15, -0.1) is 0 Å². The van der Waals surface area contributed by atoms with Gasteiger partial charge in [-0.2, -0.15) is 4.99 Å². The van der Waals surface area contributed by atoms with Gasteiger partial charge in [0.15, 0.2) is 34.2 Å². The second-order valence-corrected chi connectivity index (χ2v) is 4.58. The number of carbonyl (C=O) groups excluding carboxylic acids is 2. The van der Waals surface area contributed by atoms with Crippen LogP contribution in [0.5, 0.6) is 0 Å². The molecule has 1 heterocycles. The first-order valence-corrected chi connectivity index (χ1v) is 6.52. The van der Waals surface area contributed by atoms with Crippen LogP contribution in [0.25, 0.3) is 0 Å². The molecule has 12 heteroatoms. The Morgan fingerprint density at radius 3 is 2.43 bits per heavy atom. The first kappa shape index (κ1) is 18.1. The normalized spacial score (nSPS) is 9.96. The van der Waals surface area contributed by atoms with Gasteiger partial charge in [0.1, 0.15) is 0 Å². The third-order valence-corrected chi connectivity index (χ3v) is 2.65. The monoisotopic (exact) mass is 343 g/mol. The van der Waals surface area contributed by atoms with Gasteiger partial charge >= 0.3 is 11.9 Å². The summed E-state index contributed by atoms with van der Waals surface area (Å²) < 4.78 is 0. The lowest BCUT2D eigenvalue weighted by atomic mass is 10.2. The van der Waals surface area contributed by atoms with Crippen LogP contribution in [0.4, 0.5) is 11.6 Å². The first-order valence-electron chi connectivity index (χ1n) is 6.15. The maximum atomic E-state index is 11.6. The number of carbonyl (C=O) groups is 3. The van der Waals surface area contributed by atoms with Gasteiger partial charge in [0.2, 0.25) is 0 Å². The molecule has 0 aliphatic carbocycles. The lowest BCUT2D eigenvalue weighted by Gasteiger charge is -2.08. The molecule has 0 bridgehead atoms. The average Bonchev–Trinajstić information content (AvgIpc) is 2.44. The van der Waals surface area contributed by atoms with E-state index in [1.807, 2.05) is 0 Å². The number of hydrogen-bond acceptors (Lipinski definition) is 7. The Morgan fingerprint density at radius 1 is 1.22 bits per heavy atom. The summed E-state index contributed by atoms with van der Waals surface area (Å²) >= 11 is 5.83. The number of aliphatic imine (C=N–C) groups is 1. The van der Waals surface area contributed by atoms with Crippen LogP contribution in [0, 0.1) is 0 Å². The van der Waals surface area contributed by atoms with Crippen molar-refractivity contribution in [3.63, 3.8) is 0 Å². The summed E-state index contributed by atoms with van der Waals surface area (Å²) in [6.07, 6.45) is -0.433. The molecule has 0 unspecified atom stereocenters.